The number of hydrogen-bond acceptors (Lipinski definition) is 3. The van der Waals surface area contributed by atoms with Gasteiger partial charge in [0, 0.05) is 12.8 Å². The summed E-state index contributed by atoms with van der Waals surface area (Å²) in [4.78, 5) is 0. The predicted octanol–water partition coefficient (Wildman–Crippen LogP) is 6.16. The zero-order valence-electron chi connectivity index (χ0n) is 15.9. The first-order valence-electron chi connectivity index (χ1n) is 9.72. The summed E-state index contributed by atoms with van der Waals surface area (Å²) in [5.41, 5.74) is 0. The summed E-state index contributed by atoms with van der Waals surface area (Å²) in [6.07, 6.45) is -14.8. The van der Waals surface area contributed by atoms with Crippen molar-refractivity contribution in [1.29, 1.82) is 0 Å². The standard InChI is InChI=1S/C18H26F8O3/c19-15(11-17(21,22)23,7-3-1-5-13-9-27-13)29-16(20,12-18(24,25)26)8-4-2-6-14-10-28-14/h13-14H,1-12H2. The largest absolute Gasteiger partial charge is 0.394 e. The van der Waals surface area contributed by atoms with Gasteiger partial charge in [0.25, 0.3) is 0 Å². The molecule has 0 N–H and O–H groups in total. The molecule has 0 aromatic heterocycles. The maximum absolute atomic E-state index is 14.9. The number of unbranched alkanes of at least 4 members (excludes halogenated alkanes) is 2. The van der Waals surface area contributed by atoms with Gasteiger partial charge in [-0.25, -0.2) is 8.78 Å². The Morgan fingerprint density at radius 3 is 1.24 bits per heavy atom. The Bertz CT molecular complexity index is 460. The van der Waals surface area contributed by atoms with E-state index in [4.69, 9.17) is 9.47 Å². The summed E-state index contributed by atoms with van der Waals surface area (Å²) in [6.45, 7) is 1.04. The minimum Gasteiger partial charge on any atom is -0.373 e. The quantitative estimate of drug-likeness (QED) is 0.184. The van der Waals surface area contributed by atoms with Gasteiger partial charge in [0.15, 0.2) is 0 Å². The van der Waals surface area contributed by atoms with E-state index in [1.165, 1.54) is 0 Å². The van der Waals surface area contributed by atoms with E-state index < -0.39 is 49.7 Å². The molecule has 2 aliphatic heterocycles. The molecule has 0 radical (unpaired) electrons. The molecule has 0 aromatic carbocycles. The van der Waals surface area contributed by atoms with E-state index in [-0.39, 0.29) is 25.0 Å². The van der Waals surface area contributed by atoms with Gasteiger partial charge in [-0.1, -0.05) is 12.8 Å². The van der Waals surface area contributed by atoms with Crippen molar-refractivity contribution in [2.75, 3.05) is 13.2 Å². The van der Waals surface area contributed by atoms with Crippen LogP contribution in [0.15, 0.2) is 0 Å². The molecule has 2 heterocycles. The van der Waals surface area contributed by atoms with Crippen LogP contribution in [0.4, 0.5) is 35.1 Å². The average Bonchev–Trinajstić information content (AvgIpc) is 3.39. The molecular formula is C18H26F8O3. The van der Waals surface area contributed by atoms with Crippen LogP contribution < -0.4 is 0 Å². The number of ether oxygens (including phenoxy) is 3. The zero-order valence-corrected chi connectivity index (χ0v) is 15.9. The molecule has 2 rings (SSSR count). The second-order valence-electron chi connectivity index (χ2n) is 7.85. The molecule has 0 spiro atoms. The number of alkyl halides is 8. The van der Waals surface area contributed by atoms with Gasteiger partial charge >= 0.3 is 12.4 Å². The Kier molecular flexibility index (Phi) is 8.17. The van der Waals surface area contributed by atoms with Crippen LogP contribution in [0.1, 0.15) is 64.2 Å². The van der Waals surface area contributed by atoms with Crippen LogP contribution in [-0.2, 0) is 14.2 Å². The zero-order chi connectivity index (χ0) is 21.8. The van der Waals surface area contributed by atoms with Crippen LogP contribution in [0.2, 0.25) is 0 Å². The van der Waals surface area contributed by atoms with Gasteiger partial charge in [0.05, 0.1) is 25.4 Å². The Morgan fingerprint density at radius 2 is 0.966 bits per heavy atom. The van der Waals surface area contributed by atoms with E-state index in [0.717, 1.165) is 0 Å². The third kappa shape index (κ3) is 11.3. The second-order valence-corrected chi connectivity index (χ2v) is 7.85. The van der Waals surface area contributed by atoms with E-state index in [2.05, 4.69) is 4.74 Å². The molecule has 4 atom stereocenters. The molecule has 2 aliphatic rings. The highest BCUT2D eigenvalue weighted by atomic mass is 19.4. The maximum Gasteiger partial charge on any atom is 0.394 e. The van der Waals surface area contributed by atoms with Crippen molar-refractivity contribution in [2.24, 2.45) is 0 Å². The lowest BCUT2D eigenvalue weighted by Gasteiger charge is -2.36. The summed E-state index contributed by atoms with van der Waals surface area (Å²) in [5.74, 6) is -7.13. The first-order chi connectivity index (χ1) is 13.3. The van der Waals surface area contributed by atoms with Crippen LogP contribution in [0, 0.1) is 0 Å². The fraction of sp³-hybridized carbons (Fsp3) is 1.00. The van der Waals surface area contributed by atoms with Gasteiger partial charge in [-0.05, 0) is 25.7 Å². The molecule has 2 saturated heterocycles. The van der Waals surface area contributed by atoms with E-state index in [9.17, 15) is 35.1 Å². The van der Waals surface area contributed by atoms with Crippen LogP contribution in [0.5, 0.6) is 0 Å². The summed E-state index contributed by atoms with van der Waals surface area (Å²) < 4.78 is 121. The average molecular weight is 442 g/mol. The number of rotatable bonds is 14. The van der Waals surface area contributed by atoms with Crippen LogP contribution in [0.3, 0.4) is 0 Å². The lowest BCUT2D eigenvalue weighted by molar-refractivity contribution is -0.331. The lowest BCUT2D eigenvalue weighted by atomic mass is 10.0. The minimum absolute atomic E-state index is 0.0199. The van der Waals surface area contributed by atoms with Crippen molar-refractivity contribution in [3.05, 3.63) is 0 Å². The molecule has 0 amide bonds. The highest BCUT2D eigenvalue weighted by Crippen LogP contribution is 2.44. The van der Waals surface area contributed by atoms with Crippen LogP contribution in [0.25, 0.3) is 0 Å². The molecule has 172 valence electrons. The molecule has 0 bridgehead atoms. The second kappa shape index (κ2) is 9.64. The normalized spacial score (nSPS) is 26.1. The van der Waals surface area contributed by atoms with Crippen molar-refractivity contribution in [3.8, 4) is 0 Å². The maximum atomic E-state index is 14.9. The molecule has 11 heteroatoms. The Labute approximate surface area is 164 Å². The third-order valence-electron chi connectivity index (χ3n) is 4.75. The smallest absolute Gasteiger partial charge is 0.373 e. The van der Waals surface area contributed by atoms with Crippen molar-refractivity contribution >= 4 is 0 Å². The lowest BCUT2D eigenvalue weighted by Crippen LogP contribution is -2.44. The van der Waals surface area contributed by atoms with Gasteiger partial charge in [0.2, 0.25) is 11.7 Å². The Morgan fingerprint density at radius 1 is 0.621 bits per heavy atom. The van der Waals surface area contributed by atoms with Crippen molar-refractivity contribution < 1.29 is 49.3 Å². The monoisotopic (exact) mass is 442 g/mol. The summed E-state index contributed by atoms with van der Waals surface area (Å²) in [7, 11) is 0. The number of halogens is 8. The molecule has 0 aliphatic carbocycles. The number of hydrogen-bond donors (Lipinski definition) is 0. The predicted molar refractivity (Wildman–Crippen MR) is 86.5 cm³/mol. The van der Waals surface area contributed by atoms with Gasteiger partial charge in [-0.3, -0.25) is 0 Å². The Hall–Kier alpha value is -0.680. The molecule has 29 heavy (non-hydrogen) atoms. The molecule has 3 nitrogen and oxygen atoms in total. The van der Waals surface area contributed by atoms with Crippen molar-refractivity contribution in [2.45, 2.75) is 100 Å². The minimum atomic E-state index is -5.06. The number of epoxide rings is 2. The van der Waals surface area contributed by atoms with E-state index in [0.29, 0.717) is 38.9 Å². The van der Waals surface area contributed by atoms with Crippen LogP contribution >= 0.6 is 0 Å². The molecule has 4 unspecified atom stereocenters. The molecule has 2 fully saturated rings. The first kappa shape index (κ1) is 24.6. The van der Waals surface area contributed by atoms with Crippen molar-refractivity contribution in [3.63, 3.8) is 0 Å². The summed E-state index contributed by atoms with van der Waals surface area (Å²) in [6, 6.07) is 0. The summed E-state index contributed by atoms with van der Waals surface area (Å²) in [5, 5.41) is 0. The fourth-order valence-corrected chi connectivity index (χ4v) is 3.27. The SMILES string of the molecule is FC(F)(F)CC(F)(CCCCC1CO1)OC(F)(CCCCC1CO1)CC(F)(F)F. The topological polar surface area (TPSA) is 34.3 Å². The fourth-order valence-electron chi connectivity index (χ4n) is 3.27. The highest BCUT2D eigenvalue weighted by Gasteiger charge is 2.52. The first-order valence-corrected chi connectivity index (χ1v) is 9.72. The Balaban J connectivity index is 1.98. The van der Waals surface area contributed by atoms with Gasteiger partial charge in [0.1, 0.15) is 12.8 Å². The third-order valence-corrected chi connectivity index (χ3v) is 4.75. The summed E-state index contributed by atoms with van der Waals surface area (Å²) >= 11 is 0. The van der Waals surface area contributed by atoms with Gasteiger partial charge in [-0.15, -0.1) is 0 Å². The van der Waals surface area contributed by atoms with Gasteiger partial charge in [-0.2, -0.15) is 26.3 Å². The van der Waals surface area contributed by atoms with E-state index >= 15 is 0 Å². The van der Waals surface area contributed by atoms with Gasteiger partial charge < -0.3 is 14.2 Å². The highest BCUT2D eigenvalue weighted by molar-refractivity contribution is 4.82. The van der Waals surface area contributed by atoms with Crippen LogP contribution in [-0.4, -0.2) is 49.5 Å². The molecule has 0 saturated carbocycles. The van der Waals surface area contributed by atoms with E-state index in [1.54, 1.807) is 0 Å². The van der Waals surface area contributed by atoms with E-state index in [1.807, 2.05) is 0 Å². The van der Waals surface area contributed by atoms with Crippen molar-refractivity contribution in [1.82, 2.24) is 0 Å². The molecular weight excluding hydrogens is 416 g/mol. The molecule has 0 aromatic rings.